The number of thioether (sulfide) groups is 1. The monoisotopic (exact) mass is 406 g/mol. The predicted molar refractivity (Wildman–Crippen MR) is 109 cm³/mol. The van der Waals surface area contributed by atoms with Crippen molar-refractivity contribution in [2.75, 3.05) is 0 Å². The van der Waals surface area contributed by atoms with Crippen molar-refractivity contribution in [3.05, 3.63) is 100 Å². The van der Waals surface area contributed by atoms with E-state index in [4.69, 9.17) is 0 Å². The van der Waals surface area contributed by atoms with Gasteiger partial charge in [0.05, 0.1) is 4.92 Å². The summed E-state index contributed by atoms with van der Waals surface area (Å²) >= 11 is 1.47. The van der Waals surface area contributed by atoms with Crippen molar-refractivity contribution in [1.29, 1.82) is 0 Å². The van der Waals surface area contributed by atoms with Gasteiger partial charge >= 0.3 is 0 Å². The fourth-order valence-corrected chi connectivity index (χ4v) is 3.73. The van der Waals surface area contributed by atoms with Gasteiger partial charge < -0.3 is 0 Å². The van der Waals surface area contributed by atoms with E-state index in [1.165, 1.54) is 36.0 Å². The molecule has 0 spiro atoms. The number of para-hydroxylation sites is 1. The van der Waals surface area contributed by atoms with E-state index in [2.05, 4.69) is 10.2 Å². The zero-order valence-electron chi connectivity index (χ0n) is 15.1. The Morgan fingerprint density at radius 2 is 1.62 bits per heavy atom. The third-order valence-electron chi connectivity index (χ3n) is 4.27. The van der Waals surface area contributed by atoms with Crippen LogP contribution in [0.3, 0.4) is 0 Å². The molecule has 4 aromatic rings. The van der Waals surface area contributed by atoms with E-state index in [0.717, 1.165) is 16.8 Å². The third-order valence-corrected chi connectivity index (χ3v) is 5.27. The molecule has 0 atom stereocenters. The van der Waals surface area contributed by atoms with Gasteiger partial charge in [0.25, 0.3) is 5.69 Å². The number of non-ortho nitro benzene ring substituents is 1. The van der Waals surface area contributed by atoms with Crippen molar-refractivity contribution in [1.82, 2.24) is 14.8 Å². The number of nitro benzene ring substituents is 1. The third kappa shape index (κ3) is 4.17. The van der Waals surface area contributed by atoms with Crippen LogP contribution in [0.15, 0.2) is 84.0 Å². The molecule has 0 aliphatic rings. The normalized spacial score (nSPS) is 10.8. The highest BCUT2D eigenvalue weighted by atomic mass is 32.2. The lowest BCUT2D eigenvalue weighted by atomic mass is 10.2. The van der Waals surface area contributed by atoms with Crippen LogP contribution in [-0.4, -0.2) is 19.7 Å². The summed E-state index contributed by atoms with van der Waals surface area (Å²) in [6.07, 6.45) is 0. The summed E-state index contributed by atoms with van der Waals surface area (Å²) in [4.78, 5) is 10.4. The second kappa shape index (κ2) is 8.24. The number of nitro groups is 1. The Hall–Kier alpha value is -3.52. The number of rotatable bonds is 6. The Morgan fingerprint density at radius 1 is 0.931 bits per heavy atom. The first kappa shape index (κ1) is 18.8. The molecule has 29 heavy (non-hydrogen) atoms. The van der Waals surface area contributed by atoms with Gasteiger partial charge in [0.15, 0.2) is 11.0 Å². The molecule has 3 aromatic carbocycles. The van der Waals surface area contributed by atoms with Crippen LogP contribution in [0.1, 0.15) is 5.56 Å². The van der Waals surface area contributed by atoms with Gasteiger partial charge in [-0.1, -0.05) is 42.1 Å². The maximum Gasteiger partial charge on any atom is 0.269 e. The predicted octanol–water partition coefficient (Wildman–Crippen LogP) is 5.27. The number of benzene rings is 3. The highest BCUT2D eigenvalue weighted by Crippen LogP contribution is 2.30. The molecule has 0 saturated carbocycles. The largest absolute Gasteiger partial charge is 0.270 e. The van der Waals surface area contributed by atoms with Crippen molar-refractivity contribution >= 4 is 17.4 Å². The molecule has 0 saturated heterocycles. The minimum Gasteiger partial charge on any atom is -0.270 e. The average molecular weight is 406 g/mol. The molecule has 0 unspecified atom stereocenters. The van der Waals surface area contributed by atoms with Crippen LogP contribution in [0.2, 0.25) is 0 Å². The summed E-state index contributed by atoms with van der Waals surface area (Å²) in [6.45, 7) is 0. The van der Waals surface area contributed by atoms with Crippen LogP contribution in [-0.2, 0) is 5.75 Å². The van der Waals surface area contributed by atoms with Crippen molar-refractivity contribution < 1.29 is 9.31 Å². The first-order valence-corrected chi connectivity index (χ1v) is 9.73. The van der Waals surface area contributed by atoms with Gasteiger partial charge in [-0.3, -0.25) is 14.7 Å². The Labute approximate surface area is 170 Å². The maximum atomic E-state index is 13.3. The summed E-state index contributed by atoms with van der Waals surface area (Å²) in [5.41, 5.74) is 2.64. The number of hydrogen-bond acceptors (Lipinski definition) is 5. The molecule has 0 fully saturated rings. The van der Waals surface area contributed by atoms with Crippen LogP contribution < -0.4 is 0 Å². The lowest BCUT2D eigenvalue weighted by Gasteiger charge is -2.10. The Morgan fingerprint density at radius 3 is 2.28 bits per heavy atom. The number of aromatic nitrogens is 3. The van der Waals surface area contributed by atoms with Crippen LogP contribution in [0.5, 0.6) is 0 Å². The van der Waals surface area contributed by atoms with E-state index in [0.29, 0.717) is 16.7 Å². The SMILES string of the molecule is O=[N+]([O-])c1ccc(CSc2nnc(-c3ccc(F)cc3)n2-c2ccccc2)cc1. The minimum atomic E-state index is -0.419. The lowest BCUT2D eigenvalue weighted by molar-refractivity contribution is -0.384. The van der Waals surface area contributed by atoms with Gasteiger partial charge in [-0.15, -0.1) is 10.2 Å². The molecular formula is C21H15FN4O2S. The summed E-state index contributed by atoms with van der Waals surface area (Å²) in [6, 6.07) is 22.2. The molecule has 1 heterocycles. The molecule has 1 aromatic heterocycles. The molecule has 0 amide bonds. The second-order valence-electron chi connectivity index (χ2n) is 6.20. The van der Waals surface area contributed by atoms with E-state index < -0.39 is 4.92 Å². The van der Waals surface area contributed by atoms with E-state index >= 15 is 0 Å². The van der Waals surface area contributed by atoms with E-state index in [1.807, 2.05) is 34.9 Å². The zero-order valence-corrected chi connectivity index (χ0v) is 15.9. The minimum absolute atomic E-state index is 0.0600. The highest BCUT2D eigenvalue weighted by Gasteiger charge is 2.16. The quantitative estimate of drug-likeness (QED) is 0.248. The molecule has 0 aliphatic heterocycles. The summed E-state index contributed by atoms with van der Waals surface area (Å²) in [5, 5.41) is 20.1. The summed E-state index contributed by atoms with van der Waals surface area (Å²) in [7, 11) is 0. The molecule has 144 valence electrons. The first-order chi connectivity index (χ1) is 14.1. The fraction of sp³-hybridized carbons (Fsp3) is 0.0476. The zero-order chi connectivity index (χ0) is 20.2. The molecule has 0 aliphatic carbocycles. The van der Waals surface area contributed by atoms with Gasteiger partial charge in [-0.05, 0) is 42.0 Å². The molecular weight excluding hydrogens is 391 g/mol. The molecule has 8 heteroatoms. The molecule has 4 rings (SSSR count). The Kier molecular flexibility index (Phi) is 5.35. The summed E-state index contributed by atoms with van der Waals surface area (Å²) < 4.78 is 15.2. The van der Waals surface area contributed by atoms with Crippen molar-refractivity contribution in [3.63, 3.8) is 0 Å². The van der Waals surface area contributed by atoms with Crippen molar-refractivity contribution in [2.24, 2.45) is 0 Å². The van der Waals surface area contributed by atoms with E-state index in [9.17, 15) is 14.5 Å². The summed E-state index contributed by atoms with van der Waals surface area (Å²) in [5.74, 6) is 0.876. The van der Waals surface area contributed by atoms with Crippen LogP contribution in [0.25, 0.3) is 17.1 Å². The molecule has 0 N–H and O–H groups in total. The number of nitrogens with zero attached hydrogens (tertiary/aromatic N) is 4. The maximum absolute atomic E-state index is 13.3. The molecule has 6 nitrogen and oxygen atoms in total. The Bertz CT molecular complexity index is 1130. The van der Waals surface area contributed by atoms with Gasteiger partial charge in [0.1, 0.15) is 5.82 Å². The lowest BCUT2D eigenvalue weighted by Crippen LogP contribution is -1.99. The standard InChI is InChI=1S/C21H15FN4O2S/c22-17-10-8-16(9-11-17)20-23-24-21(25(20)18-4-2-1-3-5-18)29-14-15-6-12-19(13-7-15)26(27)28/h1-13H,14H2. The molecule has 0 radical (unpaired) electrons. The van der Waals surface area contributed by atoms with E-state index in [1.54, 1.807) is 24.3 Å². The van der Waals surface area contributed by atoms with Gasteiger partial charge in [-0.25, -0.2) is 4.39 Å². The fourth-order valence-electron chi connectivity index (χ4n) is 2.82. The van der Waals surface area contributed by atoms with Gasteiger partial charge in [-0.2, -0.15) is 0 Å². The van der Waals surface area contributed by atoms with Gasteiger partial charge in [0, 0.05) is 29.1 Å². The van der Waals surface area contributed by atoms with Crippen LogP contribution in [0.4, 0.5) is 10.1 Å². The van der Waals surface area contributed by atoms with Gasteiger partial charge in [0.2, 0.25) is 0 Å². The van der Waals surface area contributed by atoms with Crippen molar-refractivity contribution in [2.45, 2.75) is 10.9 Å². The molecule has 0 bridgehead atoms. The van der Waals surface area contributed by atoms with E-state index in [-0.39, 0.29) is 11.5 Å². The average Bonchev–Trinajstić information content (AvgIpc) is 3.17. The topological polar surface area (TPSA) is 73.8 Å². The highest BCUT2D eigenvalue weighted by molar-refractivity contribution is 7.98. The van der Waals surface area contributed by atoms with Crippen LogP contribution >= 0.6 is 11.8 Å². The number of hydrogen-bond donors (Lipinski definition) is 0. The second-order valence-corrected chi connectivity index (χ2v) is 7.14. The van der Waals surface area contributed by atoms with Crippen LogP contribution in [0, 0.1) is 15.9 Å². The Balaban J connectivity index is 1.66. The smallest absolute Gasteiger partial charge is 0.269 e. The first-order valence-electron chi connectivity index (χ1n) is 8.75. The van der Waals surface area contributed by atoms with Crippen molar-refractivity contribution in [3.8, 4) is 17.1 Å². The number of halogens is 1.